The summed E-state index contributed by atoms with van der Waals surface area (Å²) in [7, 11) is 0. The zero-order valence-corrected chi connectivity index (χ0v) is 16.5. The van der Waals surface area contributed by atoms with E-state index in [0.717, 1.165) is 5.56 Å². The Labute approximate surface area is 160 Å². The Balaban J connectivity index is 1.56. The number of rotatable bonds is 4. The van der Waals surface area contributed by atoms with E-state index in [1.807, 2.05) is 58.0 Å². The van der Waals surface area contributed by atoms with Gasteiger partial charge in [0.25, 0.3) is 0 Å². The molecule has 27 heavy (non-hydrogen) atoms. The second-order valence-electron chi connectivity index (χ2n) is 9.17. The highest BCUT2D eigenvalue weighted by molar-refractivity contribution is 5.86. The standard InChI is InChI=1S/C21H29NO5/c1-19(2,3)18-22-17(24)15-10-16(25-11-14-8-6-5-7-9-14)27-20(15,4)21(22,12-23)13-26-18/h5-9,15-16,18,23H,10-13H2,1-4H3/t15-,16-,18-,20-,21-/m0/s1. The topological polar surface area (TPSA) is 68.2 Å². The maximum Gasteiger partial charge on any atom is 0.231 e. The minimum absolute atomic E-state index is 0.00483. The van der Waals surface area contributed by atoms with Crippen LogP contribution in [-0.2, 0) is 25.6 Å². The van der Waals surface area contributed by atoms with Gasteiger partial charge in [-0.2, -0.15) is 0 Å². The van der Waals surface area contributed by atoms with E-state index in [2.05, 4.69) is 0 Å². The van der Waals surface area contributed by atoms with Gasteiger partial charge in [0.05, 0.1) is 25.7 Å². The molecule has 3 aliphatic rings. The summed E-state index contributed by atoms with van der Waals surface area (Å²) in [5.41, 5.74) is -0.882. The van der Waals surface area contributed by atoms with Crippen LogP contribution in [0.3, 0.4) is 0 Å². The summed E-state index contributed by atoms with van der Waals surface area (Å²) in [6.45, 7) is 8.56. The molecule has 0 aromatic heterocycles. The molecule has 0 radical (unpaired) electrons. The Morgan fingerprint density at radius 2 is 2.00 bits per heavy atom. The molecule has 3 heterocycles. The Morgan fingerprint density at radius 1 is 1.30 bits per heavy atom. The average Bonchev–Trinajstić information content (AvgIpc) is 3.23. The first-order valence-corrected chi connectivity index (χ1v) is 9.62. The van der Waals surface area contributed by atoms with Gasteiger partial charge in [-0.3, -0.25) is 4.79 Å². The smallest absolute Gasteiger partial charge is 0.231 e. The molecule has 1 aromatic carbocycles. The molecule has 6 nitrogen and oxygen atoms in total. The number of carbonyl (C=O) groups is 1. The van der Waals surface area contributed by atoms with E-state index in [1.165, 1.54) is 0 Å². The second-order valence-corrected chi connectivity index (χ2v) is 9.17. The second kappa shape index (κ2) is 6.27. The van der Waals surface area contributed by atoms with Crippen molar-refractivity contribution >= 4 is 5.91 Å². The van der Waals surface area contributed by atoms with E-state index in [9.17, 15) is 9.90 Å². The molecule has 0 aliphatic carbocycles. The molecule has 0 bridgehead atoms. The van der Waals surface area contributed by atoms with Crippen molar-refractivity contribution in [3.63, 3.8) is 0 Å². The summed E-state index contributed by atoms with van der Waals surface area (Å²) < 4.78 is 18.3. The Morgan fingerprint density at radius 3 is 2.63 bits per heavy atom. The molecule has 3 aliphatic heterocycles. The lowest BCUT2D eigenvalue weighted by atomic mass is 9.77. The number of fused-ring (bicyclic) bond motifs is 3. The van der Waals surface area contributed by atoms with Crippen molar-refractivity contribution in [1.29, 1.82) is 0 Å². The highest BCUT2D eigenvalue weighted by Crippen LogP contribution is 2.57. The van der Waals surface area contributed by atoms with E-state index in [4.69, 9.17) is 14.2 Å². The summed E-state index contributed by atoms with van der Waals surface area (Å²) in [5.74, 6) is -0.339. The highest BCUT2D eigenvalue weighted by atomic mass is 16.7. The van der Waals surface area contributed by atoms with Crippen LogP contribution in [0.5, 0.6) is 0 Å². The molecule has 1 aromatic rings. The maximum absolute atomic E-state index is 13.3. The number of hydrogen-bond donors (Lipinski definition) is 1. The monoisotopic (exact) mass is 375 g/mol. The molecule has 3 fully saturated rings. The molecular formula is C21H29NO5. The molecule has 0 unspecified atom stereocenters. The van der Waals surface area contributed by atoms with Crippen LogP contribution in [0.4, 0.5) is 0 Å². The Bertz CT molecular complexity index is 717. The summed E-state index contributed by atoms with van der Waals surface area (Å²) >= 11 is 0. The number of ether oxygens (including phenoxy) is 3. The molecule has 4 rings (SSSR count). The van der Waals surface area contributed by atoms with Gasteiger partial charge < -0.3 is 24.2 Å². The highest BCUT2D eigenvalue weighted by Gasteiger charge is 2.75. The molecule has 3 saturated heterocycles. The third-order valence-corrected chi connectivity index (χ3v) is 6.39. The summed E-state index contributed by atoms with van der Waals surface area (Å²) in [5, 5.41) is 10.3. The fraction of sp³-hybridized carbons (Fsp3) is 0.667. The van der Waals surface area contributed by atoms with Crippen molar-refractivity contribution in [2.75, 3.05) is 13.2 Å². The Hall–Kier alpha value is -1.47. The van der Waals surface area contributed by atoms with Crippen LogP contribution in [0, 0.1) is 11.3 Å². The van der Waals surface area contributed by atoms with Crippen LogP contribution in [0.15, 0.2) is 30.3 Å². The fourth-order valence-corrected chi connectivity index (χ4v) is 4.83. The van der Waals surface area contributed by atoms with Gasteiger partial charge in [-0.05, 0) is 12.5 Å². The number of aliphatic hydroxyl groups excluding tert-OH is 1. The van der Waals surface area contributed by atoms with Crippen molar-refractivity contribution in [2.24, 2.45) is 11.3 Å². The third-order valence-electron chi connectivity index (χ3n) is 6.39. The molecule has 5 atom stereocenters. The number of hydrogen-bond acceptors (Lipinski definition) is 5. The van der Waals surface area contributed by atoms with Crippen molar-refractivity contribution in [2.45, 2.75) is 64.4 Å². The van der Waals surface area contributed by atoms with Gasteiger partial charge in [-0.1, -0.05) is 51.1 Å². The minimum Gasteiger partial charge on any atom is -0.394 e. The minimum atomic E-state index is -0.864. The normalized spacial score (nSPS) is 38.3. The van der Waals surface area contributed by atoms with Crippen molar-refractivity contribution in [3.05, 3.63) is 35.9 Å². The molecule has 0 saturated carbocycles. The van der Waals surface area contributed by atoms with Crippen molar-refractivity contribution in [3.8, 4) is 0 Å². The predicted octanol–water partition coefficient (Wildman–Crippen LogP) is 2.30. The van der Waals surface area contributed by atoms with Crippen LogP contribution in [0.1, 0.15) is 39.7 Å². The van der Waals surface area contributed by atoms with E-state index in [0.29, 0.717) is 13.0 Å². The van der Waals surface area contributed by atoms with Gasteiger partial charge in [0.1, 0.15) is 17.4 Å². The molecule has 1 amide bonds. The van der Waals surface area contributed by atoms with Crippen LogP contribution in [-0.4, -0.2) is 52.8 Å². The van der Waals surface area contributed by atoms with Crippen LogP contribution >= 0.6 is 0 Å². The summed E-state index contributed by atoms with van der Waals surface area (Å²) in [6.07, 6.45) is -0.340. The number of amides is 1. The maximum atomic E-state index is 13.3. The first kappa shape index (κ1) is 18.9. The quantitative estimate of drug-likeness (QED) is 0.875. The number of aliphatic hydroxyl groups is 1. The largest absolute Gasteiger partial charge is 0.394 e. The van der Waals surface area contributed by atoms with Crippen LogP contribution in [0.2, 0.25) is 0 Å². The van der Waals surface area contributed by atoms with Crippen LogP contribution < -0.4 is 0 Å². The number of nitrogens with zero attached hydrogens (tertiary/aromatic N) is 1. The molecule has 148 valence electrons. The van der Waals surface area contributed by atoms with Crippen molar-refractivity contribution in [1.82, 2.24) is 4.90 Å². The van der Waals surface area contributed by atoms with Gasteiger partial charge in [0.15, 0.2) is 6.29 Å². The fourth-order valence-electron chi connectivity index (χ4n) is 4.83. The predicted molar refractivity (Wildman–Crippen MR) is 98.5 cm³/mol. The first-order chi connectivity index (χ1) is 12.7. The van der Waals surface area contributed by atoms with Gasteiger partial charge in [0, 0.05) is 11.8 Å². The lowest BCUT2D eigenvalue weighted by Crippen LogP contribution is -2.61. The van der Waals surface area contributed by atoms with Gasteiger partial charge in [-0.15, -0.1) is 0 Å². The van der Waals surface area contributed by atoms with E-state index < -0.39 is 17.4 Å². The van der Waals surface area contributed by atoms with Crippen LogP contribution in [0.25, 0.3) is 0 Å². The van der Waals surface area contributed by atoms with E-state index in [1.54, 1.807) is 4.90 Å². The lowest BCUT2D eigenvalue weighted by molar-refractivity contribution is -0.202. The number of benzene rings is 1. The third kappa shape index (κ3) is 2.65. The molecule has 6 heteroatoms. The van der Waals surface area contributed by atoms with Gasteiger partial charge in [0.2, 0.25) is 5.91 Å². The Kier molecular flexibility index (Phi) is 4.38. The molecule has 0 spiro atoms. The molecular weight excluding hydrogens is 346 g/mol. The van der Waals surface area contributed by atoms with Gasteiger partial charge in [-0.25, -0.2) is 0 Å². The van der Waals surface area contributed by atoms with E-state index >= 15 is 0 Å². The van der Waals surface area contributed by atoms with Crippen molar-refractivity contribution < 1.29 is 24.1 Å². The summed E-state index contributed by atoms with van der Waals surface area (Å²) in [4.78, 5) is 15.1. The molecule has 1 N–H and O–H groups in total. The van der Waals surface area contributed by atoms with Gasteiger partial charge >= 0.3 is 0 Å². The SMILES string of the molecule is CC(C)(C)[C@@H]1OC[C@]2(CO)N1C(=O)[C@@H]1C[C@@H](OCc3ccccc3)O[C@@]12C. The average molecular weight is 375 g/mol. The first-order valence-electron chi connectivity index (χ1n) is 9.62. The summed E-state index contributed by atoms with van der Waals surface area (Å²) in [6, 6.07) is 9.89. The zero-order valence-electron chi connectivity index (χ0n) is 16.5. The van der Waals surface area contributed by atoms with E-state index in [-0.39, 0.29) is 36.7 Å². The number of carbonyl (C=O) groups excluding carboxylic acids is 1. The zero-order chi connectivity index (χ0) is 19.4. The lowest BCUT2D eigenvalue weighted by Gasteiger charge is -2.42.